The van der Waals surface area contributed by atoms with Crippen molar-refractivity contribution in [2.24, 2.45) is 0 Å². The van der Waals surface area contributed by atoms with E-state index in [1.54, 1.807) is 17.8 Å². The standard InChI is InChI=1S/C20H30BrClN2O2S/c1-2-24(17-6-4-3-5-7-17)14-16-12-15(13-18(21)19(16)23)20(25)26-9-11-27-10-8-22/h12-13,17H,2-11,14,23H2,1H3. The molecule has 1 aliphatic carbocycles. The number of benzene rings is 1. The fraction of sp³-hybridized carbons (Fsp3) is 0.650. The molecule has 1 aromatic carbocycles. The lowest BCUT2D eigenvalue weighted by atomic mass is 9.93. The average molecular weight is 478 g/mol. The van der Waals surface area contributed by atoms with Gasteiger partial charge in [-0.25, -0.2) is 4.79 Å². The van der Waals surface area contributed by atoms with Crippen LogP contribution in [0.15, 0.2) is 16.6 Å². The highest BCUT2D eigenvalue weighted by atomic mass is 79.9. The van der Waals surface area contributed by atoms with Gasteiger partial charge in [-0.3, -0.25) is 4.90 Å². The Morgan fingerprint density at radius 1 is 1.33 bits per heavy atom. The summed E-state index contributed by atoms with van der Waals surface area (Å²) in [5, 5.41) is 0. The largest absolute Gasteiger partial charge is 0.461 e. The van der Waals surface area contributed by atoms with E-state index in [1.165, 1.54) is 32.1 Å². The first kappa shape index (κ1) is 22.9. The molecule has 0 saturated heterocycles. The first-order valence-electron chi connectivity index (χ1n) is 9.69. The molecule has 4 nitrogen and oxygen atoms in total. The van der Waals surface area contributed by atoms with E-state index in [2.05, 4.69) is 27.8 Å². The molecule has 1 aliphatic rings. The predicted molar refractivity (Wildman–Crippen MR) is 120 cm³/mol. The number of ether oxygens (including phenoxy) is 1. The monoisotopic (exact) mass is 476 g/mol. The smallest absolute Gasteiger partial charge is 0.338 e. The highest BCUT2D eigenvalue weighted by molar-refractivity contribution is 9.10. The number of alkyl halides is 1. The molecule has 27 heavy (non-hydrogen) atoms. The Kier molecular flexibility index (Phi) is 10.3. The van der Waals surface area contributed by atoms with Crippen LogP contribution in [0.5, 0.6) is 0 Å². The lowest BCUT2D eigenvalue weighted by molar-refractivity contribution is 0.0530. The number of nitrogen functional groups attached to an aromatic ring is 1. The number of hydrogen-bond acceptors (Lipinski definition) is 5. The van der Waals surface area contributed by atoms with Crippen molar-refractivity contribution in [2.45, 2.75) is 51.6 Å². The van der Waals surface area contributed by atoms with Gasteiger partial charge in [-0.1, -0.05) is 26.2 Å². The van der Waals surface area contributed by atoms with E-state index in [0.29, 0.717) is 29.8 Å². The number of nitrogens with two attached hydrogens (primary N) is 1. The molecule has 2 N–H and O–H groups in total. The molecule has 0 heterocycles. The topological polar surface area (TPSA) is 55.6 Å². The number of carbonyl (C=O) groups is 1. The van der Waals surface area contributed by atoms with Crippen LogP contribution in [0.4, 0.5) is 5.69 Å². The Balaban J connectivity index is 2.04. The second kappa shape index (κ2) is 12.2. The summed E-state index contributed by atoms with van der Waals surface area (Å²) in [6, 6.07) is 4.25. The Morgan fingerprint density at radius 3 is 2.74 bits per heavy atom. The van der Waals surface area contributed by atoms with Crippen LogP contribution in [0.25, 0.3) is 0 Å². The molecule has 0 amide bonds. The molecule has 0 bridgehead atoms. The molecule has 0 radical (unpaired) electrons. The maximum Gasteiger partial charge on any atom is 0.338 e. The quantitative estimate of drug-likeness (QED) is 0.214. The molecular formula is C20H30BrClN2O2S. The molecule has 2 rings (SSSR count). The minimum absolute atomic E-state index is 0.302. The number of rotatable bonds is 10. The average Bonchev–Trinajstić information content (AvgIpc) is 2.69. The first-order valence-corrected chi connectivity index (χ1v) is 12.2. The SMILES string of the molecule is CCN(Cc1cc(C(=O)OCCSCCCl)cc(Br)c1N)C1CCCCC1. The molecule has 0 spiro atoms. The number of carbonyl (C=O) groups excluding carboxylic acids is 1. The molecule has 0 aromatic heterocycles. The van der Waals surface area contributed by atoms with Gasteiger partial charge in [-0.15, -0.1) is 11.6 Å². The number of halogens is 2. The predicted octanol–water partition coefficient (Wildman–Crippen LogP) is 5.31. The maximum absolute atomic E-state index is 12.4. The van der Waals surface area contributed by atoms with Gasteiger partial charge in [-0.2, -0.15) is 11.8 Å². The van der Waals surface area contributed by atoms with E-state index < -0.39 is 0 Å². The normalized spacial score (nSPS) is 15.3. The third kappa shape index (κ3) is 7.15. The fourth-order valence-electron chi connectivity index (χ4n) is 3.52. The minimum atomic E-state index is -0.302. The van der Waals surface area contributed by atoms with E-state index >= 15 is 0 Å². The van der Waals surface area contributed by atoms with Gasteiger partial charge in [0, 0.05) is 34.4 Å². The number of esters is 1. The number of nitrogens with zero attached hydrogens (tertiary/aromatic N) is 1. The summed E-state index contributed by atoms with van der Waals surface area (Å²) in [7, 11) is 0. The van der Waals surface area contributed by atoms with Gasteiger partial charge in [0.2, 0.25) is 0 Å². The van der Waals surface area contributed by atoms with Crippen molar-refractivity contribution < 1.29 is 9.53 Å². The minimum Gasteiger partial charge on any atom is -0.461 e. The van der Waals surface area contributed by atoms with Crippen LogP contribution in [0.3, 0.4) is 0 Å². The number of thioether (sulfide) groups is 1. The second-order valence-electron chi connectivity index (χ2n) is 6.82. The Labute approximate surface area is 180 Å². The molecule has 0 atom stereocenters. The summed E-state index contributed by atoms with van der Waals surface area (Å²) >= 11 is 10.8. The van der Waals surface area contributed by atoms with Crippen LogP contribution in [-0.2, 0) is 11.3 Å². The molecule has 1 aromatic rings. The van der Waals surface area contributed by atoms with Gasteiger partial charge in [0.25, 0.3) is 0 Å². The van der Waals surface area contributed by atoms with Crippen molar-refractivity contribution in [1.82, 2.24) is 4.90 Å². The molecule has 152 valence electrons. The fourth-order valence-corrected chi connectivity index (χ4v) is 4.86. The third-order valence-electron chi connectivity index (χ3n) is 5.00. The van der Waals surface area contributed by atoms with Crippen LogP contribution in [-0.4, -0.2) is 47.4 Å². The van der Waals surface area contributed by atoms with Gasteiger partial charge in [-0.05, 0) is 53.0 Å². The van der Waals surface area contributed by atoms with Crippen molar-refractivity contribution >= 4 is 50.9 Å². The van der Waals surface area contributed by atoms with Gasteiger partial charge in [0.15, 0.2) is 0 Å². The Bertz CT molecular complexity index is 612. The third-order valence-corrected chi connectivity index (χ3v) is 7.02. The van der Waals surface area contributed by atoms with Crippen molar-refractivity contribution in [3.8, 4) is 0 Å². The van der Waals surface area contributed by atoms with Crippen molar-refractivity contribution in [3.05, 3.63) is 27.7 Å². The van der Waals surface area contributed by atoms with Crippen molar-refractivity contribution in [1.29, 1.82) is 0 Å². The summed E-state index contributed by atoms with van der Waals surface area (Å²) in [4.78, 5) is 14.9. The van der Waals surface area contributed by atoms with E-state index in [9.17, 15) is 4.79 Å². The highest BCUT2D eigenvalue weighted by Crippen LogP contribution is 2.30. The van der Waals surface area contributed by atoms with E-state index in [0.717, 1.165) is 34.6 Å². The van der Waals surface area contributed by atoms with Gasteiger partial charge in [0.1, 0.15) is 6.61 Å². The Hall–Kier alpha value is -0.430. The number of hydrogen-bond donors (Lipinski definition) is 1. The summed E-state index contributed by atoms with van der Waals surface area (Å²) in [5.74, 6) is 1.93. The lowest BCUT2D eigenvalue weighted by Crippen LogP contribution is -2.36. The summed E-state index contributed by atoms with van der Waals surface area (Å²) < 4.78 is 6.15. The van der Waals surface area contributed by atoms with Crippen LogP contribution in [0.1, 0.15) is 54.9 Å². The summed E-state index contributed by atoms with van der Waals surface area (Å²) in [6.45, 7) is 4.32. The van der Waals surface area contributed by atoms with Crippen LogP contribution < -0.4 is 5.73 Å². The number of anilines is 1. The van der Waals surface area contributed by atoms with E-state index in [-0.39, 0.29) is 5.97 Å². The van der Waals surface area contributed by atoms with E-state index in [4.69, 9.17) is 22.1 Å². The van der Waals surface area contributed by atoms with E-state index in [1.807, 2.05) is 6.07 Å². The molecule has 1 fully saturated rings. The zero-order valence-electron chi connectivity index (χ0n) is 16.0. The lowest BCUT2D eigenvalue weighted by Gasteiger charge is -2.34. The van der Waals surface area contributed by atoms with Crippen LogP contribution in [0, 0.1) is 0 Å². The zero-order valence-corrected chi connectivity index (χ0v) is 19.2. The second-order valence-corrected chi connectivity index (χ2v) is 9.28. The molecule has 1 saturated carbocycles. The van der Waals surface area contributed by atoms with Gasteiger partial charge < -0.3 is 10.5 Å². The van der Waals surface area contributed by atoms with Crippen molar-refractivity contribution in [2.75, 3.05) is 36.3 Å². The molecule has 0 unspecified atom stereocenters. The Morgan fingerprint density at radius 2 is 2.07 bits per heavy atom. The van der Waals surface area contributed by atoms with Gasteiger partial charge >= 0.3 is 5.97 Å². The van der Waals surface area contributed by atoms with Crippen molar-refractivity contribution in [3.63, 3.8) is 0 Å². The first-order chi connectivity index (χ1) is 13.1. The van der Waals surface area contributed by atoms with Gasteiger partial charge in [0.05, 0.1) is 11.3 Å². The highest BCUT2D eigenvalue weighted by Gasteiger charge is 2.22. The summed E-state index contributed by atoms with van der Waals surface area (Å²) in [5.41, 5.74) is 8.54. The van der Waals surface area contributed by atoms with Crippen LogP contribution in [0.2, 0.25) is 0 Å². The summed E-state index contributed by atoms with van der Waals surface area (Å²) in [6.07, 6.45) is 6.43. The molecule has 0 aliphatic heterocycles. The molecule has 7 heteroatoms. The zero-order chi connectivity index (χ0) is 19.6. The van der Waals surface area contributed by atoms with Crippen LogP contribution >= 0.6 is 39.3 Å². The maximum atomic E-state index is 12.4. The molecular weight excluding hydrogens is 448 g/mol.